The summed E-state index contributed by atoms with van der Waals surface area (Å²) in [5, 5.41) is 8.74. The molecule has 0 aromatic carbocycles. The molecule has 0 saturated heterocycles. The normalized spacial score (nSPS) is 9.81. The van der Waals surface area contributed by atoms with Gasteiger partial charge in [-0.2, -0.15) is 0 Å². The highest BCUT2D eigenvalue weighted by Crippen LogP contribution is 2.18. The van der Waals surface area contributed by atoms with Crippen molar-refractivity contribution < 1.29 is 19.4 Å². The molecule has 6 heteroatoms. The number of rotatable bonds is 5. The van der Waals surface area contributed by atoms with Crippen LogP contribution in [0.15, 0.2) is 23.4 Å². The van der Waals surface area contributed by atoms with Gasteiger partial charge in [0, 0.05) is 23.0 Å². The number of thioether (sulfide) groups is 1. The molecule has 0 aliphatic carbocycles. The summed E-state index contributed by atoms with van der Waals surface area (Å²) in [6, 6.07) is 1.53. The van der Waals surface area contributed by atoms with E-state index in [0.717, 1.165) is 4.90 Å². The van der Waals surface area contributed by atoms with Crippen molar-refractivity contribution in [3.05, 3.63) is 24.0 Å². The first-order valence-electron chi connectivity index (χ1n) is 4.51. The minimum atomic E-state index is -1.01. The Morgan fingerprint density at radius 3 is 2.88 bits per heavy atom. The molecule has 0 saturated carbocycles. The molecule has 5 nitrogen and oxygen atoms in total. The van der Waals surface area contributed by atoms with Crippen molar-refractivity contribution in [3.63, 3.8) is 0 Å². The largest absolute Gasteiger partial charge is 0.478 e. The van der Waals surface area contributed by atoms with Crippen molar-refractivity contribution in [2.24, 2.45) is 0 Å². The zero-order valence-electron chi connectivity index (χ0n) is 8.67. The number of nitrogens with zero attached hydrogens (tertiary/aromatic N) is 1. The fourth-order valence-corrected chi connectivity index (χ4v) is 1.82. The van der Waals surface area contributed by atoms with E-state index in [2.05, 4.69) is 9.72 Å². The van der Waals surface area contributed by atoms with E-state index in [1.54, 1.807) is 6.20 Å². The third-order valence-corrected chi connectivity index (χ3v) is 2.73. The smallest absolute Gasteiger partial charge is 0.337 e. The van der Waals surface area contributed by atoms with Crippen molar-refractivity contribution in [1.29, 1.82) is 0 Å². The summed E-state index contributed by atoms with van der Waals surface area (Å²) in [7, 11) is 1.33. The van der Waals surface area contributed by atoms with Gasteiger partial charge in [0.25, 0.3) is 0 Å². The van der Waals surface area contributed by atoms with Crippen LogP contribution < -0.4 is 0 Å². The molecule has 0 atom stereocenters. The van der Waals surface area contributed by atoms with Gasteiger partial charge in [0.1, 0.15) is 0 Å². The van der Waals surface area contributed by atoms with Crippen molar-refractivity contribution in [2.75, 3.05) is 12.9 Å². The van der Waals surface area contributed by atoms with Gasteiger partial charge in [-0.25, -0.2) is 4.79 Å². The van der Waals surface area contributed by atoms with Crippen LogP contribution in [0.2, 0.25) is 0 Å². The van der Waals surface area contributed by atoms with Gasteiger partial charge in [0.15, 0.2) is 0 Å². The summed E-state index contributed by atoms with van der Waals surface area (Å²) in [5.74, 6) is -0.755. The molecule has 0 bridgehead atoms. The first-order chi connectivity index (χ1) is 7.63. The van der Waals surface area contributed by atoms with Crippen molar-refractivity contribution in [2.45, 2.75) is 11.3 Å². The molecule has 0 amide bonds. The van der Waals surface area contributed by atoms with E-state index in [-0.39, 0.29) is 11.5 Å². The lowest BCUT2D eigenvalue weighted by molar-refractivity contribution is -0.140. The summed E-state index contributed by atoms with van der Waals surface area (Å²) in [6.07, 6.45) is 3.14. The number of aromatic nitrogens is 1. The maximum absolute atomic E-state index is 10.8. The highest BCUT2D eigenvalue weighted by molar-refractivity contribution is 7.99. The van der Waals surface area contributed by atoms with Crippen molar-refractivity contribution >= 4 is 23.7 Å². The van der Waals surface area contributed by atoms with Crippen molar-refractivity contribution in [3.8, 4) is 0 Å². The predicted molar refractivity (Wildman–Crippen MR) is 58.6 cm³/mol. The van der Waals surface area contributed by atoms with Crippen LogP contribution in [0.5, 0.6) is 0 Å². The van der Waals surface area contributed by atoms with E-state index in [1.807, 2.05) is 0 Å². The van der Waals surface area contributed by atoms with Gasteiger partial charge in [0.05, 0.1) is 19.1 Å². The number of carbonyl (C=O) groups excluding carboxylic acids is 1. The molecule has 86 valence electrons. The highest BCUT2D eigenvalue weighted by Gasteiger charge is 2.05. The number of carboxylic acids is 1. The lowest BCUT2D eigenvalue weighted by Crippen LogP contribution is -2.01. The number of ether oxygens (including phenoxy) is 1. The zero-order valence-corrected chi connectivity index (χ0v) is 9.49. The molecule has 1 aromatic rings. The first kappa shape index (κ1) is 12.5. The summed E-state index contributed by atoms with van der Waals surface area (Å²) in [6.45, 7) is 0. The highest BCUT2D eigenvalue weighted by atomic mass is 32.2. The Labute approximate surface area is 96.8 Å². The summed E-state index contributed by atoms with van der Waals surface area (Å²) >= 11 is 1.37. The first-order valence-corrected chi connectivity index (χ1v) is 5.50. The molecular formula is C10H11NO4S. The molecule has 0 fully saturated rings. The maximum Gasteiger partial charge on any atom is 0.337 e. The fourth-order valence-electron chi connectivity index (χ4n) is 0.969. The van der Waals surface area contributed by atoms with Gasteiger partial charge in [-0.1, -0.05) is 0 Å². The molecular weight excluding hydrogens is 230 g/mol. The van der Waals surface area contributed by atoms with Crippen LogP contribution >= 0.6 is 11.8 Å². The molecule has 0 aliphatic heterocycles. The molecule has 0 aliphatic rings. The minimum Gasteiger partial charge on any atom is -0.478 e. The van der Waals surface area contributed by atoms with Crippen LogP contribution in [0.4, 0.5) is 0 Å². The van der Waals surface area contributed by atoms with E-state index in [9.17, 15) is 9.59 Å². The van der Waals surface area contributed by atoms with Crippen molar-refractivity contribution in [1.82, 2.24) is 4.98 Å². The molecule has 1 N–H and O–H groups in total. The minimum absolute atomic E-state index is 0.142. The summed E-state index contributed by atoms with van der Waals surface area (Å²) < 4.78 is 4.49. The van der Waals surface area contributed by atoms with E-state index in [4.69, 9.17) is 5.11 Å². The lowest BCUT2D eigenvalue weighted by Gasteiger charge is -2.01. The molecule has 1 rings (SSSR count). The SMILES string of the molecule is COC(=O)CCSc1cncc(C(=O)O)c1. The number of carboxylic acid groups (broad SMARTS) is 1. The van der Waals surface area contributed by atoms with Gasteiger partial charge in [-0.3, -0.25) is 9.78 Å². The second-order valence-electron chi connectivity index (χ2n) is 2.89. The molecule has 0 spiro atoms. The van der Waals surface area contributed by atoms with E-state index in [0.29, 0.717) is 12.2 Å². The van der Waals surface area contributed by atoms with Gasteiger partial charge in [-0.05, 0) is 6.07 Å². The second kappa shape index (κ2) is 6.12. The average Bonchev–Trinajstić information content (AvgIpc) is 2.29. The standard InChI is InChI=1S/C10H11NO4S/c1-15-9(12)2-3-16-8-4-7(10(13)14)5-11-6-8/h4-6H,2-3H2,1H3,(H,13,14). The summed E-state index contributed by atoms with van der Waals surface area (Å²) in [4.78, 5) is 26.0. The van der Waals surface area contributed by atoms with Crippen LogP contribution in [-0.2, 0) is 9.53 Å². The van der Waals surface area contributed by atoms with E-state index >= 15 is 0 Å². The number of hydrogen-bond acceptors (Lipinski definition) is 5. The topological polar surface area (TPSA) is 76.5 Å². The third-order valence-electron chi connectivity index (χ3n) is 1.76. The Morgan fingerprint density at radius 2 is 2.25 bits per heavy atom. The number of carbonyl (C=O) groups is 2. The quantitative estimate of drug-likeness (QED) is 0.621. The van der Waals surface area contributed by atoms with Crippen LogP contribution in [-0.4, -0.2) is 34.9 Å². The number of esters is 1. The van der Waals surface area contributed by atoms with Crippen LogP contribution in [0.3, 0.4) is 0 Å². The molecule has 0 unspecified atom stereocenters. The molecule has 0 radical (unpaired) electrons. The number of hydrogen-bond donors (Lipinski definition) is 1. The zero-order chi connectivity index (χ0) is 12.0. The van der Waals surface area contributed by atoms with Gasteiger partial charge in [-0.15, -0.1) is 11.8 Å². The van der Waals surface area contributed by atoms with Gasteiger partial charge < -0.3 is 9.84 Å². The maximum atomic E-state index is 10.8. The third kappa shape index (κ3) is 3.90. The Bertz CT molecular complexity index is 394. The Kier molecular flexibility index (Phi) is 4.78. The number of pyridine rings is 1. The van der Waals surface area contributed by atoms with Gasteiger partial charge in [0.2, 0.25) is 0 Å². The van der Waals surface area contributed by atoms with Crippen LogP contribution in [0, 0.1) is 0 Å². The Hall–Kier alpha value is -1.56. The fraction of sp³-hybridized carbons (Fsp3) is 0.300. The summed E-state index contributed by atoms with van der Waals surface area (Å²) in [5.41, 5.74) is 0.142. The second-order valence-corrected chi connectivity index (χ2v) is 4.06. The van der Waals surface area contributed by atoms with Gasteiger partial charge >= 0.3 is 11.9 Å². The number of aromatic carboxylic acids is 1. The average molecular weight is 241 g/mol. The molecule has 1 heterocycles. The lowest BCUT2D eigenvalue weighted by atomic mass is 10.3. The monoisotopic (exact) mass is 241 g/mol. The van der Waals surface area contributed by atoms with E-state index < -0.39 is 5.97 Å². The Morgan fingerprint density at radius 1 is 1.50 bits per heavy atom. The number of methoxy groups -OCH3 is 1. The molecule has 16 heavy (non-hydrogen) atoms. The molecule has 1 aromatic heterocycles. The van der Waals surface area contributed by atoms with E-state index in [1.165, 1.54) is 31.1 Å². The predicted octanol–water partition coefficient (Wildman–Crippen LogP) is 1.43. The van der Waals surface area contributed by atoms with Crippen LogP contribution in [0.1, 0.15) is 16.8 Å². The van der Waals surface area contributed by atoms with Crippen LogP contribution in [0.25, 0.3) is 0 Å². The Balaban J connectivity index is 2.51.